The third kappa shape index (κ3) is 3.67. The van der Waals surface area contributed by atoms with Gasteiger partial charge in [-0.2, -0.15) is 0 Å². The number of fused-ring (bicyclic) bond motifs is 2. The molecule has 0 unspecified atom stereocenters. The molecule has 2 aliphatic heterocycles. The van der Waals surface area contributed by atoms with E-state index >= 15 is 0 Å². The van der Waals surface area contributed by atoms with E-state index in [2.05, 4.69) is 10.3 Å². The minimum Gasteiger partial charge on any atom is -0.351 e. The van der Waals surface area contributed by atoms with E-state index in [4.69, 9.17) is 0 Å². The van der Waals surface area contributed by atoms with Crippen molar-refractivity contribution in [2.75, 3.05) is 6.54 Å². The molecule has 2 aromatic carbocycles. The van der Waals surface area contributed by atoms with Gasteiger partial charge >= 0.3 is 6.03 Å². The third-order valence-corrected chi connectivity index (χ3v) is 6.21. The molecule has 3 heterocycles. The van der Waals surface area contributed by atoms with Crippen molar-refractivity contribution in [3.05, 3.63) is 71.9 Å². The Morgan fingerprint density at radius 3 is 2.65 bits per heavy atom. The van der Waals surface area contributed by atoms with E-state index in [0.29, 0.717) is 12.2 Å². The van der Waals surface area contributed by atoms with Crippen LogP contribution in [0.3, 0.4) is 0 Å². The first kappa shape index (κ1) is 19.4. The van der Waals surface area contributed by atoms with Crippen molar-refractivity contribution in [2.24, 2.45) is 0 Å². The summed E-state index contributed by atoms with van der Waals surface area (Å²) in [7, 11) is 0. The van der Waals surface area contributed by atoms with Gasteiger partial charge in [-0.1, -0.05) is 48.5 Å². The number of rotatable bonds is 4. The predicted octanol–water partition coefficient (Wildman–Crippen LogP) is 3.28. The first-order valence-corrected chi connectivity index (χ1v) is 10.6. The first-order chi connectivity index (χ1) is 15.1. The molecule has 5 rings (SSSR count). The van der Waals surface area contributed by atoms with Crippen LogP contribution in [0.4, 0.5) is 4.79 Å². The number of aromatic amines is 1. The highest BCUT2D eigenvalue weighted by Gasteiger charge is 2.44. The van der Waals surface area contributed by atoms with E-state index in [0.717, 1.165) is 29.3 Å². The number of carbonyl (C=O) groups excluding carboxylic acids is 3. The van der Waals surface area contributed by atoms with Crippen LogP contribution in [0.5, 0.6) is 0 Å². The van der Waals surface area contributed by atoms with Crippen molar-refractivity contribution in [1.82, 2.24) is 20.1 Å². The molecule has 2 N–H and O–H groups in total. The minimum absolute atomic E-state index is 0.193. The number of hydrogen-bond acceptors (Lipinski definition) is 3. The summed E-state index contributed by atoms with van der Waals surface area (Å²) in [5.74, 6) is -0.406. The van der Waals surface area contributed by atoms with Crippen LogP contribution in [-0.4, -0.2) is 51.3 Å². The van der Waals surface area contributed by atoms with E-state index in [9.17, 15) is 14.4 Å². The zero-order valence-corrected chi connectivity index (χ0v) is 17.1. The van der Waals surface area contributed by atoms with E-state index < -0.39 is 0 Å². The van der Waals surface area contributed by atoms with Gasteiger partial charge in [-0.3, -0.25) is 14.5 Å². The Kier molecular flexibility index (Phi) is 4.94. The molecule has 0 spiro atoms. The Hall–Kier alpha value is -3.61. The standard InChI is InChI=1S/C24H24N4O3/c29-22-14-21-19(26-23(30)20-13-17-9-4-5-10-18(17)25-20)11-6-12-27(21)24(31)28(22)15-16-7-2-1-3-8-16/h1-5,7-10,13,19,21,25H,6,11-12,14-15H2,(H,26,30)/t19-,21+/m1/s1. The normalized spacial score (nSPS) is 21.3. The van der Waals surface area contributed by atoms with Crippen molar-refractivity contribution in [1.29, 1.82) is 0 Å². The largest absolute Gasteiger partial charge is 0.351 e. The van der Waals surface area contributed by atoms with E-state index in [1.807, 2.05) is 60.7 Å². The van der Waals surface area contributed by atoms with Crippen molar-refractivity contribution in [3.8, 4) is 0 Å². The fourth-order valence-electron chi connectivity index (χ4n) is 4.63. The molecule has 31 heavy (non-hydrogen) atoms. The number of para-hydroxylation sites is 1. The monoisotopic (exact) mass is 416 g/mol. The molecule has 2 saturated heterocycles. The molecule has 4 amide bonds. The molecule has 7 heteroatoms. The number of amides is 4. The van der Waals surface area contributed by atoms with Gasteiger partial charge in [0.05, 0.1) is 18.6 Å². The average molecular weight is 416 g/mol. The number of hydrogen-bond donors (Lipinski definition) is 2. The van der Waals surface area contributed by atoms with Gasteiger partial charge in [-0.05, 0) is 30.5 Å². The third-order valence-electron chi connectivity index (χ3n) is 6.21. The van der Waals surface area contributed by atoms with Crippen LogP contribution in [0.15, 0.2) is 60.7 Å². The quantitative estimate of drug-likeness (QED) is 0.684. The summed E-state index contributed by atoms with van der Waals surface area (Å²) in [5.41, 5.74) is 2.30. The number of benzene rings is 2. The molecule has 0 aliphatic carbocycles. The summed E-state index contributed by atoms with van der Waals surface area (Å²) in [6, 6.07) is 18.2. The molecular weight excluding hydrogens is 392 g/mol. The second kappa shape index (κ2) is 7.91. The molecule has 158 valence electrons. The van der Waals surface area contributed by atoms with Crippen molar-refractivity contribution in [3.63, 3.8) is 0 Å². The number of nitrogens with zero attached hydrogens (tertiary/aromatic N) is 2. The summed E-state index contributed by atoms with van der Waals surface area (Å²) in [4.78, 5) is 45.1. The molecule has 7 nitrogen and oxygen atoms in total. The van der Waals surface area contributed by atoms with Crippen LogP contribution in [0.1, 0.15) is 35.3 Å². The van der Waals surface area contributed by atoms with Gasteiger partial charge in [0, 0.05) is 23.9 Å². The number of imide groups is 1. The van der Waals surface area contributed by atoms with Gasteiger partial charge in [0.15, 0.2) is 0 Å². The number of carbonyl (C=O) groups is 3. The van der Waals surface area contributed by atoms with E-state index in [-0.39, 0.29) is 42.9 Å². The maximum absolute atomic E-state index is 13.1. The summed E-state index contributed by atoms with van der Waals surface area (Å²) < 4.78 is 0. The van der Waals surface area contributed by atoms with Gasteiger partial charge < -0.3 is 15.2 Å². The van der Waals surface area contributed by atoms with Gasteiger partial charge in [-0.25, -0.2) is 4.79 Å². The lowest BCUT2D eigenvalue weighted by atomic mass is 9.91. The lowest BCUT2D eigenvalue weighted by molar-refractivity contribution is -0.134. The van der Waals surface area contributed by atoms with Gasteiger partial charge in [-0.15, -0.1) is 0 Å². The fourth-order valence-corrected chi connectivity index (χ4v) is 4.63. The lowest BCUT2D eigenvalue weighted by Gasteiger charge is -2.46. The smallest absolute Gasteiger partial charge is 0.327 e. The Balaban J connectivity index is 1.31. The zero-order chi connectivity index (χ0) is 21.4. The van der Waals surface area contributed by atoms with Crippen molar-refractivity contribution < 1.29 is 14.4 Å². The summed E-state index contributed by atoms with van der Waals surface area (Å²) in [6.07, 6.45) is 1.75. The zero-order valence-electron chi connectivity index (χ0n) is 17.1. The number of H-pyrrole nitrogens is 1. The summed E-state index contributed by atoms with van der Waals surface area (Å²) in [5, 5.41) is 4.04. The molecule has 2 aliphatic rings. The Labute approximate surface area is 180 Å². The fraction of sp³-hybridized carbons (Fsp3) is 0.292. The predicted molar refractivity (Wildman–Crippen MR) is 116 cm³/mol. The second-order valence-corrected chi connectivity index (χ2v) is 8.21. The van der Waals surface area contributed by atoms with E-state index in [1.165, 1.54) is 4.90 Å². The van der Waals surface area contributed by atoms with Crippen LogP contribution in [-0.2, 0) is 11.3 Å². The maximum atomic E-state index is 13.1. The lowest BCUT2D eigenvalue weighted by Crippen LogP contribution is -2.64. The Morgan fingerprint density at radius 1 is 1.06 bits per heavy atom. The van der Waals surface area contributed by atoms with Gasteiger partial charge in [0.1, 0.15) is 5.69 Å². The maximum Gasteiger partial charge on any atom is 0.327 e. The molecule has 2 atom stereocenters. The first-order valence-electron chi connectivity index (χ1n) is 10.6. The number of aromatic nitrogens is 1. The SMILES string of the molecule is O=C(N[C@@H]1CCCN2C(=O)N(Cc3ccccc3)C(=O)C[C@@H]12)c1cc2ccccc2[nH]1. The van der Waals surface area contributed by atoms with Crippen LogP contribution >= 0.6 is 0 Å². The molecule has 3 aromatic rings. The van der Waals surface area contributed by atoms with Gasteiger partial charge in [0.2, 0.25) is 5.91 Å². The second-order valence-electron chi connectivity index (χ2n) is 8.21. The van der Waals surface area contributed by atoms with Gasteiger partial charge in [0.25, 0.3) is 5.91 Å². The molecule has 1 aromatic heterocycles. The molecular formula is C24H24N4O3. The van der Waals surface area contributed by atoms with Crippen molar-refractivity contribution >= 4 is 28.7 Å². The highest BCUT2D eigenvalue weighted by Crippen LogP contribution is 2.28. The average Bonchev–Trinajstić information content (AvgIpc) is 3.22. The molecule has 0 bridgehead atoms. The van der Waals surface area contributed by atoms with Crippen molar-refractivity contribution in [2.45, 2.75) is 37.9 Å². The number of nitrogens with one attached hydrogen (secondary N) is 2. The van der Waals surface area contributed by atoms with E-state index in [1.54, 1.807) is 4.90 Å². The van der Waals surface area contributed by atoms with Crippen LogP contribution in [0.25, 0.3) is 10.9 Å². The Bertz CT molecular complexity index is 1110. The number of piperidine rings is 1. The van der Waals surface area contributed by atoms with Crippen LogP contribution < -0.4 is 5.32 Å². The summed E-state index contributed by atoms with van der Waals surface area (Å²) in [6.45, 7) is 0.870. The Morgan fingerprint density at radius 2 is 1.84 bits per heavy atom. The molecule has 2 fully saturated rings. The van der Waals surface area contributed by atoms with Crippen LogP contribution in [0.2, 0.25) is 0 Å². The summed E-state index contributed by atoms with van der Waals surface area (Å²) >= 11 is 0. The highest BCUT2D eigenvalue weighted by molar-refractivity contribution is 5.99. The highest BCUT2D eigenvalue weighted by atomic mass is 16.2. The topological polar surface area (TPSA) is 85.5 Å². The minimum atomic E-state index is -0.311. The molecule has 0 saturated carbocycles. The number of urea groups is 1. The van der Waals surface area contributed by atoms with Crippen LogP contribution in [0, 0.1) is 0 Å². The molecule has 0 radical (unpaired) electrons.